The fraction of sp³-hybridized carbons (Fsp3) is 0.400. The van der Waals surface area contributed by atoms with Gasteiger partial charge in [0.1, 0.15) is 5.60 Å². The van der Waals surface area contributed by atoms with E-state index < -0.39 is 0 Å². The Hall–Kier alpha value is -0.340. The molecule has 2 atom stereocenters. The third-order valence-electron chi connectivity index (χ3n) is 2.47. The molecule has 0 unspecified atom stereocenters. The first-order chi connectivity index (χ1) is 5.73. The maximum Gasteiger partial charge on any atom is 0.105 e. The van der Waals surface area contributed by atoms with E-state index in [9.17, 15) is 0 Å². The molecule has 0 spiro atoms. The van der Waals surface area contributed by atoms with Crippen LogP contribution in [0.3, 0.4) is 0 Å². The van der Waals surface area contributed by atoms with Crippen LogP contribution in [-0.2, 0) is 10.3 Å². The first-order valence-electron chi connectivity index (χ1n) is 4.07. The second-order valence-corrected chi connectivity index (χ2v) is 4.36. The minimum Gasteiger partial charge on any atom is -0.368 e. The molecular weight excluding hydrogens is 216 g/mol. The van der Waals surface area contributed by atoms with Crippen LogP contribution in [0.5, 0.6) is 0 Å². The Kier molecular flexibility index (Phi) is 1.97. The van der Waals surface area contributed by atoms with Crippen LogP contribution >= 0.6 is 15.9 Å². The summed E-state index contributed by atoms with van der Waals surface area (Å²) < 4.78 is 5.57. The van der Waals surface area contributed by atoms with Crippen LogP contribution in [0.4, 0.5) is 0 Å². The van der Waals surface area contributed by atoms with E-state index in [0.717, 1.165) is 6.61 Å². The maximum absolute atomic E-state index is 5.57. The molecule has 1 aliphatic rings. The summed E-state index contributed by atoms with van der Waals surface area (Å²) in [7, 11) is 0. The minimum absolute atomic E-state index is 0.110. The summed E-state index contributed by atoms with van der Waals surface area (Å²) in [5.74, 6) is 0. The quantitative estimate of drug-likeness (QED) is 0.670. The SMILES string of the molecule is C[C@]1(c2ccccc2)OC[C@@H]1Br. The first-order valence-corrected chi connectivity index (χ1v) is 4.98. The Morgan fingerprint density at radius 2 is 2.08 bits per heavy atom. The molecule has 0 aliphatic carbocycles. The van der Waals surface area contributed by atoms with Crippen molar-refractivity contribution in [3.63, 3.8) is 0 Å². The summed E-state index contributed by atoms with van der Waals surface area (Å²) in [5, 5.41) is 0. The lowest BCUT2D eigenvalue weighted by molar-refractivity contribution is -0.129. The topological polar surface area (TPSA) is 9.23 Å². The predicted octanol–water partition coefficient (Wildman–Crippen LogP) is 2.70. The van der Waals surface area contributed by atoms with Gasteiger partial charge in [0.05, 0.1) is 11.4 Å². The highest BCUT2D eigenvalue weighted by Gasteiger charge is 2.43. The molecule has 1 fully saturated rings. The number of ether oxygens (including phenoxy) is 1. The lowest BCUT2D eigenvalue weighted by Gasteiger charge is -2.44. The highest BCUT2D eigenvalue weighted by atomic mass is 79.9. The lowest BCUT2D eigenvalue weighted by Crippen LogP contribution is -2.49. The van der Waals surface area contributed by atoms with Gasteiger partial charge in [-0.3, -0.25) is 0 Å². The van der Waals surface area contributed by atoms with Crippen LogP contribution < -0.4 is 0 Å². The Labute approximate surface area is 80.9 Å². The summed E-state index contributed by atoms with van der Waals surface area (Å²) in [6.45, 7) is 2.93. The zero-order valence-corrected chi connectivity index (χ0v) is 8.54. The molecule has 0 radical (unpaired) electrons. The smallest absolute Gasteiger partial charge is 0.105 e. The number of alkyl halides is 1. The van der Waals surface area contributed by atoms with Gasteiger partial charge in [-0.1, -0.05) is 46.3 Å². The van der Waals surface area contributed by atoms with E-state index in [1.54, 1.807) is 0 Å². The predicted molar refractivity (Wildman–Crippen MR) is 52.5 cm³/mol. The summed E-state index contributed by atoms with van der Waals surface area (Å²) in [6, 6.07) is 10.3. The van der Waals surface area contributed by atoms with Gasteiger partial charge < -0.3 is 4.74 Å². The molecule has 0 saturated carbocycles. The number of hydrogen-bond donors (Lipinski definition) is 0. The number of benzene rings is 1. The van der Waals surface area contributed by atoms with Crippen LogP contribution in [0, 0.1) is 0 Å². The Balaban J connectivity index is 2.31. The highest BCUT2D eigenvalue weighted by molar-refractivity contribution is 9.09. The molecule has 64 valence electrons. The van der Waals surface area contributed by atoms with Crippen molar-refractivity contribution in [2.24, 2.45) is 0 Å². The zero-order chi connectivity index (χ0) is 8.60. The molecule has 2 heteroatoms. The molecule has 0 amide bonds. The van der Waals surface area contributed by atoms with Crippen molar-refractivity contribution >= 4 is 15.9 Å². The molecule has 12 heavy (non-hydrogen) atoms. The van der Waals surface area contributed by atoms with Crippen LogP contribution in [0.1, 0.15) is 12.5 Å². The summed E-state index contributed by atoms with van der Waals surface area (Å²) in [4.78, 5) is 0.451. The average Bonchev–Trinajstić information content (AvgIpc) is 2.16. The molecule has 1 saturated heterocycles. The first kappa shape index (κ1) is 8.27. The molecular formula is C10H11BrO. The Bertz CT molecular complexity index is 272. The van der Waals surface area contributed by atoms with Crippen molar-refractivity contribution in [3.8, 4) is 0 Å². The molecule has 2 rings (SSSR count). The van der Waals surface area contributed by atoms with Crippen molar-refractivity contribution in [3.05, 3.63) is 35.9 Å². The largest absolute Gasteiger partial charge is 0.368 e. The number of halogens is 1. The minimum atomic E-state index is -0.110. The fourth-order valence-electron chi connectivity index (χ4n) is 1.43. The van der Waals surface area contributed by atoms with E-state index in [2.05, 4.69) is 35.0 Å². The third kappa shape index (κ3) is 1.10. The van der Waals surface area contributed by atoms with Crippen LogP contribution in [0.2, 0.25) is 0 Å². The van der Waals surface area contributed by atoms with Crippen molar-refractivity contribution in [2.75, 3.05) is 6.61 Å². The lowest BCUT2D eigenvalue weighted by atomic mass is 9.88. The second kappa shape index (κ2) is 2.86. The summed E-state index contributed by atoms with van der Waals surface area (Å²) >= 11 is 3.59. The van der Waals surface area contributed by atoms with Crippen molar-refractivity contribution in [2.45, 2.75) is 17.4 Å². The third-order valence-corrected chi connectivity index (χ3v) is 3.61. The van der Waals surface area contributed by atoms with E-state index in [4.69, 9.17) is 4.74 Å². The average molecular weight is 227 g/mol. The van der Waals surface area contributed by atoms with Gasteiger partial charge in [-0.05, 0) is 12.5 Å². The summed E-state index contributed by atoms with van der Waals surface area (Å²) in [5.41, 5.74) is 1.14. The van der Waals surface area contributed by atoms with E-state index in [1.165, 1.54) is 5.56 Å². The van der Waals surface area contributed by atoms with Crippen molar-refractivity contribution < 1.29 is 4.74 Å². The van der Waals surface area contributed by atoms with Gasteiger partial charge in [0, 0.05) is 0 Å². The molecule has 1 aromatic carbocycles. The molecule has 1 heterocycles. The monoisotopic (exact) mass is 226 g/mol. The van der Waals surface area contributed by atoms with Crippen molar-refractivity contribution in [1.29, 1.82) is 0 Å². The Morgan fingerprint density at radius 3 is 2.50 bits per heavy atom. The standard InChI is InChI=1S/C10H11BrO/c1-10(9(11)7-12-10)8-5-3-2-4-6-8/h2-6,9H,7H2,1H3/t9-,10+/m0/s1. The van der Waals surface area contributed by atoms with Gasteiger partial charge in [0.15, 0.2) is 0 Å². The van der Waals surface area contributed by atoms with Crippen LogP contribution in [0.15, 0.2) is 30.3 Å². The van der Waals surface area contributed by atoms with Crippen LogP contribution in [0.25, 0.3) is 0 Å². The fourth-order valence-corrected chi connectivity index (χ4v) is 1.96. The molecule has 0 bridgehead atoms. The van der Waals surface area contributed by atoms with E-state index in [0.29, 0.717) is 4.83 Å². The molecule has 0 N–H and O–H groups in total. The Morgan fingerprint density at radius 1 is 1.42 bits per heavy atom. The molecule has 1 nitrogen and oxygen atoms in total. The normalized spacial score (nSPS) is 34.3. The molecule has 1 aromatic rings. The van der Waals surface area contributed by atoms with Gasteiger partial charge in [0.2, 0.25) is 0 Å². The highest BCUT2D eigenvalue weighted by Crippen LogP contribution is 2.41. The van der Waals surface area contributed by atoms with E-state index in [-0.39, 0.29) is 5.60 Å². The van der Waals surface area contributed by atoms with Gasteiger partial charge >= 0.3 is 0 Å². The van der Waals surface area contributed by atoms with Gasteiger partial charge in [0.25, 0.3) is 0 Å². The van der Waals surface area contributed by atoms with E-state index in [1.807, 2.05) is 18.2 Å². The van der Waals surface area contributed by atoms with Gasteiger partial charge in [-0.15, -0.1) is 0 Å². The second-order valence-electron chi connectivity index (χ2n) is 3.25. The van der Waals surface area contributed by atoms with Gasteiger partial charge in [-0.2, -0.15) is 0 Å². The summed E-state index contributed by atoms with van der Waals surface area (Å²) in [6.07, 6.45) is 0. The number of rotatable bonds is 1. The molecule has 1 aliphatic heterocycles. The molecule has 0 aromatic heterocycles. The zero-order valence-electron chi connectivity index (χ0n) is 6.96. The van der Waals surface area contributed by atoms with Crippen molar-refractivity contribution in [1.82, 2.24) is 0 Å². The maximum atomic E-state index is 5.57. The van der Waals surface area contributed by atoms with Gasteiger partial charge in [-0.25, -0.2) is 0 Å². The van der Waals surface area contributed by atoms with Crippen LogP contribution in [-0.4, -0.2) is 11.4 Å². The van der Waals surface area contributed by atoms with E-state index >= 15 is 0 Å². The number of hydrogen-bond acceptors (Lipinski definition) is 1.